The maximum atomic E-state index is 12.2. The number of benzene rings is 1. The Bertz CT molecular complexity index is 614. The van der Waals surface area contributed by atoms with Gasteiger partial charge in [-0.1, -0.05) is 12.1 Å². The highest BCUT2D eigenvalue weighted by molar-refractivity contribution is 8.00. The van der Waals surface area contributed by atoms with Gasteiger partial charge in [-0.25, -0.2) is 4.79 Å². The zero-order chi connectivity index (χ0) is 17.5. The van der Waals surface area contributed by atoms with Gasteiger partial charge >= 0.3 is 5.97 Å². The number of rotatable bonds is 8. The molecule has 130 valence electrons. The first-order valence-corrected chi connectivity index (χ1v) is 8.92. The number of nitrogens with one attached hydrogen (secondary N) is 2. The molecular formula is C17H22N2O4S. The monoisotopic (exact) mass is 350 g/mol. The third-order valence-corrected chi connectivity index (χ3v) is 4.27. The molecule has 2 amide bonds. The summed E-state index contributed by atoms with van der Waals surface area (Å²) in [5, 5.41) is 5.56. The summed E-state index contributed by atoms with van der Waals surface area (Å²) in [7, 11) is 0. The van der Waals surface area contributed by atoms with E-state index in [4.69, 9.17) is 4.74 Å². The number of ether oxygens (including phenoxy) is 1. The van der Waals surface area contributed by atoms with Crippen LogP contribution < -0.4 is 10.6 Å². The lowest BCUT2D eigenvalue weighted by atomic mass is 10.2. The maximum absolute atomic E-state index is 12.2. The van der Waals surface area contributed by atoms with E-state index >= 15 is 0 Å². The summed E-state index contributed by atoms with van der Waals surface area (Å²) in [6, 6.07) is 7.21. The second kappa shape index (κ2) is 8.73. The van der Waals surface area contributed by atoms with E-state index in [2.05, 4.69) is 10.6 Å². The average molecular weight is 350 g/mol. The van der Waals surface area contributed by atoms with Crippen LogP contribution in [-0.4, -0.2) is 42.2 Å². The van der Waals surface area contributed by atoms with Gasteiger partial charge in [-0.2, -0.15) is 0 Å². The van der Waals surface area contributed by atoms with Gasteiger partial charge in [0.15, 0.2) is 6.61 Å². The van der Waals surface area contributed by atoms with Crippen LogP contribution in [0.5, 0.6) is 0 Å². The van der Waals surface area contributed by atoms with Gasteiger partial charge in [0.25, 0.3) is 5.91 Å². The summed E-state index contributed by atoms with van der Waals surface area (Å²) in [5.41, 5.74) is 0.360. The average Bonchev–Trinajstić information content (AvgIpc) is 3.34. The second-order valence-corrected chi connectivity index (χ2v) is 6.94. The minimum Gasteiger partial charge on any atom is -0.452 e. The normalized spacial score (nSPS) is 13.5. The molecule has 7 heteroatoms. The molecule has 1 aromatic carbocycles. The van der Waals surface area contributed by atoms with Crippen molar-refractivity contribution in [3.8, 4) is 0 Å². The van der Waals surface area contributed by atoms with Crippen LogP contribution in [0.4, 0.5) is 0 Å². The molecule has 6 nitrogen and oxygen atoms in total. The van der Waals surface area contributed by atoms with E-state index in [9.17, 15) is 14.4 Å². The molecule has 0 atom stereocenters. The van der Waals surface area contributed by atoms with Gasteiger partial charge in [-0.3, -0.25) is 9.59 Å². The van der Waals surface area contributed by atoms with Crippen molar-refractivity contribution in [1.82, 2.24) is 10.6 Å². The SMILES string of the molecule is CC(C)NC(=O)CSc1ccccc1C(=O)OCC(=O)NC1CC1. The molecule has 0 aromatic heterocycles. The minimum atomic E-state index is -0.562. The highest BCUT2D eigenvalue weighted by Crippen LogP contribution is 2.23. The molecule has 1 aliphatic rings. The van der Waals surface area contributed by atoms with Crippen LogP contribution in [-0.2, 0) is 14.3 Å². The van der Waals surface area contributed by atoms with E-state index in [0.717, 1.165) is 12.8 Å². The molecule has 0 bridgehead atoms. The van der Waals surface area contributed by atoms with Crippen molar-refractivity contribution in [2.75, 3.05) is 12.4 Å². The standard InChI is InChI=1S/C17H22N2O4S/c1-11(2)18-16(21)10-24-14-6-4-3-5-13(14)17(22)23-9-15(20)19-12-7-8-12/h3-6,11-12H,7-10H2,1-2H3,(H,18,21)(H,19,20). The zero-order valence-electron chi connectivity index (χ0n) is 13.8. The first-order chi connectivity index (χ1) is 11.5. The molecule has 1 aliphatic carbocycles. The fourth-order valence-corrected chi connectivity index (χ4v) is 2.83. The van der Waals surface area contributed by atoms with Gasteiger partial charge in [-0.05, 0) is 38.8 Å². The summed E-state index contributed by atoms with van der Waals surface area (Å²) in [6.45, 7) is 3.49. The Hall–Kier alpha value is -2.02. The third-order valence-electron chi connectivity index (χ3n) is 3.19. The van der Waals surface area contributed by atoms with Gasteiger partial charge in [0.1, 0.15) is 0 Å². The third kappa shape index (κ3) is 6.23. The topological polar surface area (TPSA) is 84.5 Å². The maximum Gasteiger partial charge on any atom is 0.339 e. The molecule has 0 aliphatic heterocycles. The Morgan fingerprint density at radius 3 is 2.58 bits per heavy atom. The quantitative estimate of drug-likeness (QED) is 0.551. The molecule has 24 heavy (non-hydrogen) atoms. The first-order valence-electron chi connectivity index (χ1n) is 7.93. The second-order valence-electron chi connectivity index (χ2n) is 5.92. The molecule has 2 rings (SSSR count). The summed E-state index contributed by atoms with van der Waals surface area (Å²) in [5.74, 6) is -0.729. The van der Waals surface area contributed by atoms with Crippen molar-refractivity contribution in [2.24, 2.45) is 0 Å². The predicted octanol–water partition coefficient (Wildman–Crippen LogP) is 1.74. The molecule has 0 heterocycles. The molecule has 1 saturated carbocycles. The van der Waals surface area contributed by atoms with Crippen molar-refractivity contribution in [2.45, 2.75) is 43.7 Å². The molecule has 0 unspecified atom stereocenters. The molecular weight excluding hydrogens is 328 g/mol. The molecule has 1 aromatic rings. The fraction of sp³-hybridized carbons (Fsp3) is 0.471. The van der Waals surface area contributed by atoms with Crippen molar-refractivity contribution >= 4 is 29.5 Å². The highest BCUT2D eigenvalue weighted by Gasteiger charge is 2.24. The van der Waals surface area contributed by atoms with Crippen molar-refractivity contribution in [1.29, 1.82) is 0 Å². The Morgan fingerprint density at radius 2 is 1.92 bits per heavy atom. The smallest absolute Gasteiger partial charge is 0.339 e. The Labute approximate surface area is 145 Å². The number of carbonyl (C=O) groups excluding carboxylic acids is 3. The van der Waals surface area contributed by atoms with Crippen LogP contribution in [0.2, 0.25) is 0 Å². The highest BCUT2D eigenvalue weighted by atomic mass is 32.2. The lowest BCUT2D eigenvalue weighted by molar-refractivity contribution is -0.124. The van der Waals surface area contributed by atoms with Crippen LogP contribution in [0.25, 0.3) is 0 Å². The molecule has 0 radical (unpaired) electrons. The summed E-state index contributed by atoms with van der Waals surface area (Å²) in [6.07, 6.45) is 1.97. The minimum absolute atomic E-state index is 0.0725. The van der Waals surface area contributed by atoms with E-state index in [-0.39, 0.29) is 36.3 Å². The van der Waals surface area contributed by atoms with Gasteiger partial charge in [0, 0.05) is 17.0 Å². The molecule has 0 spiro atoms. The number of hydrogen-bond acceptors (Lipinski definition) is 5. The first kappa shape index (κ1) is 18.3. The van der Waals surface area contributed by atoms with Crippen LogP contribution in [0.1, 0.15) is 37.0 Å². The molecule has 1 fully saturated rings. The summed E-state index contributed by atoms with van der Waals surface area (Å²) in [4.78, 5) is 36.2. The number of esters is 1. The van der Waals surface area contributed by atoms with Crippen LogP contribution >= 0.6 is 11.8 Å². The Balaban J connectivity index is 1.87. The largest absolute Gasteiger partial charge is 0.452 e. The van der Waals surface area contributed by atoms with E-state index in [0.29, 0.717) is 10.5 Å². The Kier molecular flexibility index (Phi) is 6.66. The van der Waals surface area contributed by atoms with E-state index in [1.807, 2.05) is 13.8 Å². The summed E-state index contributed by atoms with van der Waals surface area (Å²) >= 11 is 1.27. The fourth-order valence-electron chi connectivity index (χ4n) is 1.97. The molecule has 2 N–H and O–H groups in total. The van der Waals surface area contributed by atoms with Gasteiger partial charge in [0.05, 0.1) is 11.3 Å². The lowest BCUT2D eigenvalue weighted by Crippen LogP contribution is -2.31. The summed E-state index contributed by atoms with van der Waals surface area (Å²) < 4.78 is 5.07. The Morgan fingerprint density at radius 1 is 1.21 bits per heavy atom. The van der Waals surface area contributed by atoms with Crippen molar-refractivity contribution in [3.05, 3.63) is 29.8 Å². The van der Waals surface area contributed by atoms with E-state index in [1.165, 1.54) is 11.8 Å². The van der Waals surface area contributed by atoms with Gasteiger partial charge < -0.3 is 15.4 Å². The van der Waals surface area contributed by atoms with Crippen LogP contribution in [0.15, 0.2) is 29.2 Å². The molecule has 0 saturated heterocycles. The predicted molar refractivity (Wildman–Crippen MR) is 91.9 cm³/mol. The van der Waals surface area contributed by atoms with Crippen LogP contribution in [0, 0.1) is 0 Å². The van der Waals surface area contributed by atoms with E-state index in [1.54, 1.807) is 24.3 Å². The number of hydrogen-bond donors (Lipinski definition) is 2. The zero-order valence-corrected chi connectivity index (χ0v) is 14.7. The van der Waals surface area contributed by atoms with E-state index < -0.39 is 5.97 Å². The van der Waals surface area contributed by atoms with Crippen LogP contribution in [0.3, 0.4) is 0 Å². The van der Waals surface area contributed by atoms with Crippen molar-refractivity contribution in [3.63, 3.8) is 0 Å². The van der Waals surface area contributed by atoms with Gasteiger partial charge in [0.2, 0.25) is 5.91 Å². The lowest BCUT2D eigenvalue weighted by Gasteiger charge is -2.11. The van der Waals surface area contributed by atoms with Gasteiger partial charge in [-0.15, -0.1) is 11.8 Å². The number of amides is 2. The number of thioether (sulfide) groups is 1. The van der Waals surface area contributed by atoms with Crippen molar-refractivity contribution < 1.29 is 19.1 Å². The number of carbonyl (C=O) groups is 3.